The Kier molecular flexibility index (Phi) is 3.93. The van der Waals surface area contributed by atoms with E-state index in [1.165, 1.54) is 16.0 Å². The van der Waals surface area contributed by atoms with Gasteiger partial charge in [0.15, 0.2) is 0 Å². The van der Waals surface area contributed by atoms with Crippen molar-refractivity contribution >= 4 is 34.8 Å². The average Bonchev–Trinajstić information content (AvgIpc) is 3.32. The van der Waals surface area contributed by atoms with E-state index in [-0.39, 0.29) is 30.7 Å². The van der Waals surface area contributed by atoms with Crippen molar-refractivity contribution in [3.63, 3.8) is 0 Å². The van der Waals surface area contributed by atoms with Crippen molar-refractivity contribution in [2.75, 3.05) is 28.2 Å². The summed E-state index contributed by atoms with van der Waals surface area (Å²) in [4.78, 5) is 41.1. The van der Waals surface area contributed by atoms with Crippen molar-refractivity contribution in [1.82, 2.24) is 0 Å². The van der Waals surface area contributed by atoms with Crippen LogP contribution in [0.25, 0.3) is 0 Å². The molecule has 0 aromatic heterocycles. The number of anilines is 3. The van der Waals surface area contributed by atoms with Gasteiger partial charge in [0, 0.05) is 18.7 Å². The number of carbonyl (C=O) groups is 3. The number of nitrogens with zero attached hydrogens (tertiary/aromatic N) is 2. The Hall–Kier alpha value is -3.15. The molecule has 2 aliphatic heterocycles. The third-order valence-corrected chi connectivity index (χ3v) is 5.90. The maximum absolute atomic E-state index is 13.2. The van der Waals surface area contributed by atoms with Gasteiger partial charge in [-0.3, -0.25) is 14.4 Å². The molecule has 1 saturated heterocycles. The molecule has 3 amide bonds. The fraction of sp³-hybridized carbons (Fsp3) is 0.318. The second-order valence-electron chi connectivity index (χ2n) is 7.70. The molecule has 2 aromatic rings. The van der Waals surface area contributed by atoms with Gasteiger partial charge in [0.05, 0.1) is 17.3 Å². The van der Waals surface area contributed by atoms with E-state index in [2.05, 4.69) is 17.4 Å². The summed E-state index contributed by atoms with van der Waals surface area (Å²) in [6.07, 6.45) is 3.48. The molecular weight excluding hydrogens is 354 g/mol. The molecule has 0 spiro atoms. The lowest BCUT2D eigenvalue weighted by Gasteiger charge is -2.30. The van der Waals surface area contributed by atoms with Gasteiger partial charge in [-0.05, 0) is 54.7 Å². The predicted octanol–water partition coefficient (Wildman–Crippen LogP) is 2.51. The van der Waals surface area contributed by atoms with E-state index in [1.54, 1.807) is 11.0 Å². The zero-order valence-electron chi connectivity index (χ0n) is 15.5. The summed E-state index contributed by atoms with van der Waals surface area (Å²) >= 11 is 0. The lowest BCUT2D eigenvalue weighted by molar-refractivity contribution is -0.125. The van der Waals surface area contributed by atoms with Crippen LogP contribution in [0.15, 0.2) is 42.5 Å². The molecule has 28 heavy (non-hydrogen) atoms. The first-order chi connectivity index (χ1) is 13.6. The number of para-hydroxylation sites is 2. The molecule has 6 nitrogen and oxygen atoms in total. The minimum atomic E-state index is -0.445. The highest BCUT2D eigenvalue weighted by Gasteiger charge is 2.39. The third kappa shape index (κ3) is 2.76. The summed E-state index contributed by atoms with van der Waals surface area (Å²) in [5.41, 5.74) is 4.86. The highest BCUT2D eigenvalue weighted by molar-refractivity contribution is 6.12. The molecule has 142 valence electrons. The lowest BCUT2D eigenvalue weighted by Crippen LogP contribution is -2.45. The van der Waals surface area contributed by atoms with Crippen molar-refractivity contribution in [2.45, 2.75) is 25.7 Å². The number of fused-ring (bicyclic) bond motifs is 2. The van der Waals surface area contributed by atoms with E-state index in [0.29, 0.717) is 17.9 Å². The molecule has 6 heteroatoms. The van der Waals surface area contributed by atoms with E-state index >= 15 is 0 Å². The van der Waals surface area contributed by atoms with Gasteiger partial charge < -0.3 is 15.1 Å². The fourth-order valence-corrected chi connectivity index (χ4v) is 4.50. The van der Waals surface area contributed by atoms with Crippen LogP contribution in [-0.4, -0.2) is 30.8 Å². The number of hydrogen-bond donors (Lipinski definition) is 1. The number of benzene rings is 2. The zero-order valence-corrected chi connectivity index (χ0v) is 15.5. The number of hydrogen-bond acceptors (Lipinski definition) is 3. The van der Waals surface area contributed by atoms with Crippen LogP contribution in [0.4, 0.5) is 17.1 Å². The number of aryl methyl sites for hydroxylation is 2. The van der Waals surface area contributed by atoms with Gasteiger partial charge >= 0.3 is 0 Å². The van der Waals surface area contributed by atoms with Crippen LogP contribution in [0.5, 0.6) is 0 Å². The Balaban J connectivity index is 1.39. The predicted molar refractivity (Wildman–Crippen MR) is 106 cm³/mol. The molecule has 1 aliphatic carbocycles. The average molecular weight is 375 g/mol. The van der Waals surface area contributed by atoms with Crippen molar-refractivity contribution in [1.29, 1.82) is 0 Å². The van der Waals surface area contributed by atoms with Crippen LogP contribution < -0.4 is 15.1 Å². The van der Waals surface area contributed by atoms with Gasteiger partial charge in [-0.15, -0.1) is 0 Å². The maximum atomic E-state index is 13.2. The molecule has 2 aromatic carbocycles. The van der Waals surface area contributed by atoms with Crippen LogP contribution in [0, 0.1) is 5.92 Å². The summed E-state index contributed by atoms with van der Waals surface area (Å²) in [5.74, 6) is -0.864. The molecule has 0 saturated carbocycles. The first-order valence-electron chi connectivity index (χ1n) is 9.72. The summed E-state index contributed by atoms with van der Waals surface area (Å²) < 4.78 is 0. The van der Waals surface area contributed by atoms with E-state index in [9.17, 15) is 14.4 Å². The van der Waals surface area contributed by atoms with Crippen LogP contribution in [0.2, 0.25) is 0 Å². The topological polar surface area (TPSA) is 69.7 Å². The standard InChI is InChI=1S/C22H21N3O3/c26-20-13-25(19-7-2-1-6-18(19)23-20)22(28)16-11-21(27)24(12-16)17-9-8-14-4-3-5-15(14)10-17/h1-2,6-10,16H,3-5,11-13H2,(H,23,26)/t16-/m0/s1. The van der Waals surface area contributed by atoms with Gasteiger partial charge in [-0.1, -0.05) is 18.2 Å². The lowest BCUT2D eigenvalue weighted by atomic mass is 10.1. The highest BCUT2D eigenvalue weighted by Crippen LogP contribution is 2.34. The second-order valence-corrected chi connectivity index (χ2v) is 7.70. The summed E-state index contributed by atoms with van der Waals surface area (Å²) in [6.45, 7) is 0.343. The molecule has 1 atom stereocenters. The smallest absolute Gasteiger partial charge is 0.244 e. The van der Waals surface area contributed by atoms with Gasteiger partial charge in [0.1, 0.15) is 6.54 Å². The fourth-order valence-electron chi connectivity index (χ4n) is 4.50. The summed E-state index contributed by atoms with van der Waals surface area (Å²) in [7, 11) is 0. The molecular formula is C22H21N3O3. The molecule has 1 N–H and O–H groups in total. The van der Waals surface area contributed by atoms with Crippen LogP contribution >= 0.6 is 0 Å². The quantitative estimate of drug-likeness (QED) is 0.877. The monoisotopic (exact) mass is 375 g/mol. The van der Waals surface area contributed by atoms with E-state index in [0.717, 1.165) is 24.9 Å². The minimum absolute atomic E-state index is 0.0145. The van der Waals surface area contributed by atoms with Crippen molar-refractivity contribution in [2.24, 2.45) is 5.92 Å². The molecule has 0 radical (unpaired) electrons. The molecule has 0 unspecified atom stereocenters. The Morgan fingerprint density at radius 3 is 2.75 bits per heavy atom. The summed E-state index contributed by atoms with van der Waals surface area (Å²) in [6, 6.07) is 13.4. The molecule has 3 aliphatic rings. The van der Waals surface area contributed by atoms with Gasteiger partial charge in [0.2, 0.25) is 17.7 Å². The van der Waals surface area contributed by atoms with E-state index in [1.807, 2.05) is 24.3 Å². The van der Waals surface area contributed by atoms with Crippen molar-refractivity contribution < 1.29 is 14.4 Å². The third-order valence-electron chi connectivity index (χ3n) is 5.90. The SMILES string of the molecule is O=C1CN(C(=O)[C@H]2CC(=O)N(c3ccc4c(c3)CCC4)C2)c2ccccc2N1. The van der Waals surface area contributed by atoms with E-state index in [4.69, 9.17) is 0 Å². The zero-order chi connectivity index (χ0) is 19.3. The maximum Gasteiger partial charge on any atom is 0.244 e. The highest BCUT2D eigenvalue weighted by atomic mass is 16.2. The molecule has 2 heterocycles. The largest absolute Gasteiger partial charge is 0.323 e. The second kappa shape index (κ2) is 6.48. The van der Waals surface area contributed by atoms with Crippen LogP contribution in [0.3, 0.4) is 0 Å². The van der Waals surface area contributed by atoms with Gasteiger partial charge in [0.25, 0.3) is 0 Å². The van der Waals surface area contributed by atoms with Crippen molar-refractivity contribution in [3.8, 4) is 0 Å². The Morgan fingerprint density at radius 1 is 1.04 bits per heavy atom. The van der Waals surface area contributed by atoms with Gasteiger partial charge in [-0.25, -0.2) is 0 Å². The number of nitrogens with one attached hydrogen (secondary N) is 1. The molecule has 0 bridgehead atoms. The normalized spacial score (nSPS) is 20.8. The van der Waals surface area contributed by atoms with Crippen molar-refractivity contribution in [3.05, 3.63) is 53.6 Å². The molecule has 1 fully saturated rings. The van der Waals surface area contributed by atoms with Crippen LogP contribution in [0.1, 0.15) is 24.0 Å². The van der Waals surface area contributed by atoms with E-state index < -0.39 is 5.92 Å². The Bertz CT molecular complexity index is 1000. The number of amides is 3. The first kappa shape index (κ1) is 17.0. The Labute approximate surface area is 163 Å². The first-order valence-corrected chi connectivity index (χ1v) is 9.72. The Morgan fingerprint density at radius 2 is 1.86 bits per heavy atom. The minimum Gasteiger partial charge on any atom is -0.323 e. The van der Waals surface area contributed by atoms with Crippen LogP contribution in [-0.2, 0) is 27.2 Å². The molecule has 5 rings (SSSR count). The number of rotatable bonds is 2. The van der Waals surface area contributed by atoms with Gasteiger partial charge in [-0.2, -0.15) is 0 Å². The number of carbonyl (C=O) groups excluding carboxylic acids is 3. The summed E-state index contributed by atoms with van der Waals surface area (Å²) in [5, 5.41) is 2.79.